The largest absolute Gasteiger partial charge is 0.433 e. The van der Waals surface area contributed by atoms with E-state index in [9.17, 15) is 26.7 Å². The van der Waals surface area contributed by atoms with Crippen LogP contribution in [0.5, 0.6) is 0 Å². The average Bonchev–Trinajstić information content (AvgIpc) is 3.02. The van der Waals surface area contributed by atoms with Crippen molar-refractivity contribution in [2.24, 2.45) is 7.05 Å². The predicted octanol–water partition coefficient (Wildman–Crippen LogP) is 4.90. The van der Waals surface area contributed by atoms with Crippen LogP contribution in [0.1, 0.15) is 35.7 Å². The summed E-state index contributed by atoms with van der Waals surface area (Å²) in [5, 5.41) is 5.25. The normalized spacial score (nSPS) is 12.3. The van der Waals surface area contributed by atoms with Crippen LogP contribution in [0.15, 0.2) is 23.2 Å². The predicted molar refractivity (Wildman–Crippen MR) is 111 cm³/mol. The van der Waals surface area contributed by atoms with Gasteiger partial charge < -0.3 is 15.2 Å². The van der Waals surface area contributed by atoms with Crippen molar-refractivity contribution in [1.29, 1.82) is 0 Å². The molecule has 0 spiro atoms. The minimum Gasteiger partial charge on any atom is -0.371 e. The molecule has 3 aromatic heterocycles. The number of imidazole rings is 1. The van der Waals surface area contributed by atoms with E-state index < -0.39 is 29.5 Å². The van der Waals surface area contributed by atoms with E-state index in [1.807, 2.05) is 0 Å². The molecule has 3 aromatic rings. The van der Waals surface area contributed by atoms with Gasteiger partial charge in [-0.05, 0) is 24.0 Å². The Labute approximate surface area is 183 Å². The number of pyridine rings is 2. The second-order valence-corrected chi connectivity index (χ2v) is 8.05. The Morgan fingerprint density at radius 1 is 1.16 bits per heavy atom. The number of halogens is 5. The molecule has 0 unspecified atom stereocenters. The van der Waals surface area contributed by atoms with E-state index in [4.69, 9.17) is 0 Å². The number of alkyl halides is 5. The Balaban J connectivity index is 2.02. The molecule has 0 aliphatic rings. The molecule has 0 saturated heterocycles. The summed E-state index contributed by atoms with van der Waals surface area (Å²) >= 11 is 0.989. The second kappa shape index (κ2) is 8.52. The molecular formula is C19H19F5N6OS. The summed E-state index contributed by atoms with van der Waals surface area (Å²) in [5.74, 6) is -3.87. The highest BCUT2D eigenvalue weighted by Crippen LogP contribution is 2.33. The third kappa shape index (κ3) is 4.61. The van der Waals surface area contributed by atoms with Gasteiger partial charge in [-0.15, -0.1) is 11.8 Å². The SMILES string of the molecule is CCSc1nc(C(F)(F)F)ccc1C(=O)Nc1cc2nc(C(C)(F)F)n(C)c2nc1NC. The van der Waals surface area contributed by atoms with Crippen LogP contribution in [0.4, 0.5) is 33.5 Å². The molecule has 3 heterocycles. The topological polar surface area (TPSA) is 84.7 Å². The van der Waals surface area contributed by atoms with Crippen LogP contribution in [0.2, 0.25) is 0 Å². The zero-order valence-electron chi connectivity index (χ0n) is 17.4. The molecule has 0 fully saturated rings. The van der Waals surface area contributed by atoms with Gasteiger partial charge in [-0.1, -0.05) is 6.92 Å². The molecular weight excluding hydrogens is 455 g/mol. The molecule has 13 heteroatoms. The fourth-order valence-electron chi connectivity index (χ4n) is 3.00. The van der Waals surface area contributed by atoms with Crippen molar-refractivity contribution in [3.05, 3.63) is 35.3 Å². The van der Waals surface area contributed by atoms with Crippen molar-refractivity contribution in [1.82, 2.24) is 19.5 Å². The van der Waals surface area contributed by atoms with Crippen molar-refractivity contribution in [2.45, 2.75) is 31.0 Å². The Morgan fingerprint density at radius 3 is 2.41 bits per heavy atom. The first-order valence-corrected chi connectivity index (χ1v) is 10.3. The first-order valence-electron chi connectivity index (χ1n) is 9.32. The maximum atomic E-state index is 13.8. The molecule has 0 aliphatic carbocycles. The van der Waals surface area contributed by atoms with Crippen molar-refractivity contribution in [2.75, 3.05) is 23.4 Å². The molecule has 7 nitrogen and oxygen atoms in total. The van der Waals surface area contributed by atoms with Crippen LogP contribution in [-0.2, 0) is 19.1 Å². The zero-order valence-corrected chi connectivity index (χ0v) is 18.3. The number of anilines is 2. The molecule has 0 atom stereocenters. The Kier molecular flexibility index (Phi) is 6.31. The van der Waals surface area contributed by atoms with Gasteiger partial charge in [0.05, 0.1) is 11.3 Å². The minimum atomic E-state index is -4.65. The number of amides is 1. The smallest absolute Gasteiger partial charge is 0.371 e. The lowest BCUT2D eigenvalue weighted by atomic mass is 10.2. The third-order valence-electron chi connectivity index (χ3n) is 4.40. The summed E-state index contributed by atoms with van der Waals surface area (Å²) in [4.78, 5) is 24.6. The van der Waals surface area contributed by atoms with Gasteiger partial charge in [0.15, 0.2) is 17.3 Å². The zero-order chi connectivity index (χ0) is 23.8. The Hall–Kier alpha value is -2.96. The van der Waals surface area contributed by atoms with Crippen LogP contribution in [0.25, 0.3) is 11.2 Å². The summed E-state index contributed by atoms with van der Waals surface area (Å²) in [5.41, 5.74) is -0.755. The lowest BCUT2D eigenvalue weighted by Crippen LogP contribution is -2.17. The van der Waals surface area contributed by atoms with E-state index in [2.05, 4.69) is 25.6 Å². The molecule has 2 N–H and O–H groups in total. The number of carbonyl (C=O) groups excluding carboxylic acids is 1. The number of carbonyl (C=O) groups is 1. The number of aromatic nitrogens is 4. The molecule has 32 heavy (non-hydrogen) atoms. The Morgan fingerprint density at radius 2 is 1.84 bits per heavy atom. The second-order valence-electron chi connectivity index (χ2n) is 6.79. The molecule has 3 rings (SSSR count). The lowest BCUT2D eigenvalue weighted by Gasteiger charge is -2.14. The molecule has 1 amide bonds. The van der Waals surface area contributed by atoms with Gasteiger partial charge in [-0.2, -0.15) is 22.0 Å². The van der Waals surface area contributed by atoms with Crippen molar-refractivity contribution in [3.63, 3.8) is 0 Å². The van der Waals surface area contributed by atoms with Crippen molar-refractivity contribution < 1.29 is 26.7 Å². The molecule has 0 aliphatic heterocycles. The van der Waals surface area contributed by atoms with Crippen molar-refractivity contribution in [3.8, 4) is 0 Å². The summed E-state index contributed by atoms with van der Waals surface area (Å²) in [6, 6.07) is 3.14. The number of nitrogens with zero attached hydrogens (tertiary/aromatic N) is 4. The molecule has 0 saturated carbocycles. The van der Waals surface area contributed by atoms with E-state index in [0.29, 0.717) is 12.7 Å². The average molecular weight is 474 g/mol. The first kappa shape index (κ1) is 23.7. The number of rotatable bonds is 6. The lowest BCUT2D eigenvalue weighted by molar-refractivity contribution is -0.141. The summed E-state index contributed by atoms with van der Waals surface area (Å²) in [7, 11) is 2.92. The first-order chi connectivity index (χ1) is 14.9. The van der Waals surface area contributed by atoms with Gasteiger partial charge in [0, 0.05) is 21.0 Å². The molecule has 0 bridgehead atoms. The third-order valence-corrected chi connectivity index (χ3v) is 5.27. The summed E-state index contributed by atoms with van der Waals surface area (Å²) < 4.78 is 67.8. The van der Waals surface area contributed by atoms with Crippen LogP contribution in [0.3, 0.4) is 0 Å². The van der Waals surface area contributed by atoms with Crippen LogP contribution < -0.4 is 10.6 Å². The maximum Gasteiger partial charge on any atom is 0.433 e. The van der Waals surface area contributed by atoms with Crippen LogP contribution in [0, 0.1) is 0 Å². The Bertz CT molecular complexity index is 1170. The molecule has 172 valence electrons. The van der Waals surface area contributed by atoms with Gasteiger partial charge in [0.25, 0.3) is 5.91 Å². The highest BCUT2D eigenvalue weighted by Gasteiger charge is 2.34. The van der Waals surface area contributed by atoms with Crippen LogP contribution in [-0.4, -0.2) is 38.2 Å². The van der Waals surface area contributed by atoms with E-state index in [1.165, 1.54) is 20.2 Å². The number of hydrogen-bond donors (Lipinski definition) is 2. The number of thioether (sulfide) groups is 1. The van der Waals surface area contributed by atoms with Gasteiger partial charge >= 0.3 is 12.1 Å². The summed E-state index contributed by atoms with van der Waals surface area (Å²) in [6.45, 7) is 2.42. The fourth-order valence-corrected chi connectivity index (χ4v) is 3.75. The van der Waals surface area contributed by atoms with E-state index in [0.717, 1.165) is 28.5 Å². The van der Waals surface area contributed by atoms with Crippen molar-refractivity contribution >= 4 is 40.3 Å². The van der Waals surface area contributed by atoms with Gasteiger partial charge in [-0.3, -0.25) is 4.79 Å². The standard InChI is InChI=1S/C19H19F5N6OS/c1-5-32-16-9(6-7-12(28-16)19(22,23)24)15(31)26-10-8-11-14(29-13(10)25-3)30(4)17(27-11)18(2,20)21/h6-8H,5H2,1-4H3,(H,25,29)(H,26,31). The summed E-state index contributed by atoms with van der Waals surface area (Å²) in [6.07, 6.45) is -4.65. The van der Waals surface area contributed by atoms with Gasteiger partial charge in [0.2, 0.25) is 0 Å². The van der Waals surface area contributed by atoms with E-state index in [1.54, 1.807) is 6.92 Å². The van der Waals surface area contributed by atoms with Gasteiger partial charge in [0.1, 0.15) is 16.2 Å². The minimum absolute atomic E-state index is 0.0613. The monoisotopic (exact) mass is 474 g/mol. The highest BCUT2D eigenvalue weighted by atomic mass is 32.2. The number of aryl methyl sites for hydroxylation is 1. The number of hydrogen-bond acceptors (Lipinski definition) is 6. The number of fused-ring (bicyclic) bond motifs is 1. The highest BCUT2D eigenvalue weighted by molar-refractivity contribution is 7.99. The van der Waals surface area contributed by atoms with E-state index >= 15 is 0 Å². The quantitative estimate of drug-likeness (QED) is 0.391. The maximum absolute atomic E-state index is 13.8. The molecule has 0 radical (unpaired) electrons. The molecule has 0 aromatic carbocycles. The van der Waals surface area contributed by atoms with Crippen LogP contribution >= 0.6 is 11.8 Å². The van der Waals surface area contributed by atoms with Gasteiger partial charge in [-0.25, -0.2) is 15.0 Å². The number of nitrogens with one attached hydrogen (secondary N) is 2. The van der Waals surface area contributed by atoms with E-state index in [-0.39, 0.29) is 33.3 Å². The fraction of sp³-hybridized carbons (Fsp3) is 0.368.